The van der Waals surface area contributed by atoms with E-state index in [1.165, 1.54) is 17.3 Å². The zero-order chi connectivity index (χ0) is 18.5. The molecule has 1 aromatic carbocycles. The third-order valence-electron chi connectivity index (χ3n) is 4.53. The molecule has 1 aliphatic heterocycles. The first-order valence-electron chi connectivity index (χ1n) is 8.63. The van der Waals surface area contributed by atoms with E-state index in [1.54, 1.807) is 11.8 Å². The molecule has 1 aromatic heterocycles. The predicted octanol–water partition coefficient (Wildman–Crippen LogP) is 1.19. The van der Waals surface area contributed by atoms with E-state index in [-0.39, 0.29) is 11.8 Å². The molecule has 7 nitrogen and oxygen atoms in total. The van der Waals surface area contributed by atoms with Crippen LogP contribution in [-0.4, -0.2) is 68.3 Å². The van der Waals surface area contributed by atoms with Gasteiger partial charge in [-0.3, -0.25) is 9.59 Å². The molecule has 0 saturated carbocycles. The summed E-state index contributed by atoms with van der Waals surface area (Å²) in [5.41, 5.74) is 1.18. The van der Waals surface area contributed by atoms with Crippen LogP contribution >= 0.6 is 11.8 Å². The Morgan fingerprint density at radius 3 is 2.35 bits per heavy atom. The van der Waals surface area contributed by atoms with Gasteiger partial charge in [0.2, 0.25) is 11.8 Å². The maximum absolute atomic E-state index is 12.4. The van der Waals surface area contributed by atoms with Gasteiger partial charge in [0.15, 0.2) is 5.16 Å². The maximum Gasteiger partial charge on any atom is 0.233 e. The van der Waals surface area contributed by atoms with Crippen molar-refractivity contribution in [2.24, 2.45) is 7.05 Å². The van der Waals surface area contributed by atoms with Crippen LogP contribution in [0.3, 0.4) is 0 Å². The van der Waals surface area contributed by atoms with Crippen LogP contribution in [0.25, 0.3) is 0 Å². The minimum absolute atomic E-state index is 0.0662. The van der Waals surface area contributed by atoms with Crippen molar-refractivity contribution in [3.8, 4) is 0 Å². The van der Waals surface area contributed by atoms with Gasteiger partial charge in [-0.25, -0.2) is 0 Å². The van der Waals surface area contributed by atoms with E-state index in [4.69, 9.17) is 0 Å². The summed E-state index contributed by atoms with van der Waals surface area (Å²) in [5.74, 6) is 1.35. The summed E-state index contributed by atoms with van der Waals surface area (Å²) in [6.45, 7) is 3.97. The average molecular weight is 373 g/mol. The smallest absolute Gasteiger partial charge is 0.233 e. The van der Waals surface area contributed by atoms with Crippen LogP contribution in [0.1, 0.15) is 18.3 Å². The first-order chi connectivity index (χ1) is 12.5. The van der Waals surface area contributed by atoms with Crippen LogP contribution < -0.4 is 0 Å². The molecule has 26 heavy (non-hydrogen) atoms. The van der Waals surface area contributed by atoms with E-state index in [2.05, 4.69) is 22.3 Å². The number of hydrogen-bond acceptors (Lipinski definition) is 5. The monoisotopic (exact) mass is 373 g/mol. The highest BCUT2D eigenvalue weighted by molar-refractivity contribution is 7.99. The Morgan fingerprint density at radius 2 is 1.69 bits per heavy atom. The lowest BCUT2D eigenvalue weighted by atomic mass is 10.1. The zero-order valence-electron chi connectivity index (χ0n) is 15.1. The second kappa shape index (κ2) is 8.35. The number of benzene rings is 1. The minimum Gasteiger partial charge on any atom is -0.339 e. The highest BCUT2D eigenvalue weighted by Gasteiger charge is 2.22. The quantitative estimate of drug-likeness (QED) is 0.736. The van der Waals surface area contributed by atoms with Gasteiger partial charge >= 0.3 is 0 Å². The molecule has 138 valence electrons. The minimum atomic E-state index is 0.0662. The number of piperazine rings is 1. The first-order valence-corrected chi connectivity index (χ1v) is 9.61. The summed E-state index contributed by atoms with van der Waals surface area (Å²) in [5, 5.41) is 9.21. The molecule has 0 N–H and O–H groups in total. The number of amides is 2. The maximum atomic E-state index is 12.4. The number of aromatic nitrogens is 3. The fourth-order valence-electron chi connectivity index (χ4n) is 2.89. The van der Waals surface area contributed by atoms with Gasteiger partial charge in [-0.15, -0.1) is 10.2 Å². The van der Waals surface area contributed by atoms with Crippen LogP contribution in [-0.2, 0) is 23.1 Å². The highest BCUT2D eigenvalue weighted by atomic mass is 32.2. The number of carbonyl (C=O) groups excluding carboxylic acids is 2. The molecule has 3 rings (SSSR count). The Morgan fingerprint density at radius 1 is 1.04 bits per heavy atom. The lowest BCUT2D eigenvalue weighted by Gasteiger charge is -2.34. The van der Waals surface area contributed by atoms with Gasteiger partial charge in [-0.05, 0) is 5.56 Å². The van der Waals surface area contributed by atoms with Crippen molar-refractivity contribution < 1.29 is 9.59 Å². The summed E-state index contributed by atoms with van der Waals surface area (Å²) >= 11 is 1.40. The van der Waals surface area contributed by atoms with Crippen LogP contribution in [0.5, 0.6) is 0 Å². The van der Waals surface area contributed by atoms with Crippen LogP contribution in [0.4, 0.5) is 0 Å². The van der Waals surface area contributed by atoms with Crippen LogP contribution in [0.2, 0.25) is 0 Å². The lowest BCUT2D eigenvalue weighted by molar-refractivity contribution is -0.136. The third-order valence-corrected chi connectivity index (χ3v) is 5.54. The summed E-state index contributed by atoms with van der Waals surface area (Å²) in [6, 6.07) is 10.1. The van der Waals surface area contributed by atoms with E-state index in [1.807, 2.05) is 34.7 Å². The number of thioether (sulfide) groups is 1. The highest BCUT2D eigenvalue weighted by Crippen LogP contribution is 2.18. The Labute approximate surface area is 157 Å². The molecule has 0 radical (unpaired) electrons. The fourth-order valence-corrected chi connectivity index (χ4v) is 3.72. The van der Waals surface area contributed by atoms with Gasteiger partial charge in [-0.1, -0.05) is 42.1 Å². The Kier molecular flexibility index (Phi) is 5.92. The van der Waals surface area contributed by atoms with E-state index in [0.29, 0.717) is 38.4 Å². The molecule has 0 bridgehead atoms. The van der Waals surface area contributed by atoms with Crippen molar-refractivity contribution >= 4 is 23.6 Å². The van der Waals surface area contributed by atoms with Crippen LogP contribution in [0.15, 0.2) is 35.5 Å². The molecule has 0 spiro atoms. The molecule has 0 aliphatic carbocycles. The Balaban J connectivity index is 1.52. The number of rotatable bonds is 5. The van der Waals surface area contributed by atoms with Crippen molar-refractivity contribution in [1.82, 2.24) is 24.6 Å². The van der Waals surface area contributed by atoms with E-state index >= 15 is 0 Å². The molecular weight excluding hydrogens is 350 g/mol. The van der Waals surface area contributed by atoms with Gasteiger partial charge in [-0.2, -0.15) is 0 Å². The van der Waals surface area contributed by atoms with Crippen molar-refractivity contribution in [3.05, 3.63) is 41.7 Å². The van der Waals surface area contributed by atoms with E-state index in [9.17, 15) is 9.59 Å². The summed E-state index contributed by atoms with van der Waals surface area (Å²) < 4.78 is 1.94. The van der Waals surface area contributed by atoms with Crippen molar-refractivity contribution in [1.29, 1.82) is 0 Å². The predicted molar refractivity (Wildman–Crippen MR) is 99.8 cm³/mol. The van der Waals surface area contributed by atoms with Gasteiger partial charge < -0.3 is 14.4 Å². The van der Waals surface area contributed by atoms with Crippen LogP contribution in [0, 0.1) is 0 Å². The third kappa shape index (κ3) is 4.43. The Bertz CT molecular complexity index is 769. The normalized spacial score (nSPS) is 14.5. The second-order valence-electron chi connectivity index (χ2n) is 6.30. The van der Waals surface area contributed by atoms with Gasteiger partial charge in [0.05, 0.1) is 5.75 Å². The molecule has 1 saturated heterocycles. The van der Waals surface area contributed by atoms with Gasteiger partial charge in [0, 0.05) is 46.6 Å². The SMILES string of the molecule is CC(=O)N1CCN(C(=O)CSc2nnc(Cc3ccccc3)n2C)CC1. The number of carbonyl (C=O) groups is 2. The second-order valence-corrected chi connectivity index (χ2v) is 7.24. The summed E-state index contributed by atoms with van der Waals surface area (Å²) in [6.07, 6.45) is 0.714. The van der Waals surface area contributed by atoms with Gasteiger partial charge in [0.25, 0.3) is 0 Å². The number of hydrogen-bond donors (Lipinski definition) is 0. The topological polar surface area (TPSA) is 71.3 Å². The molecule has 8 heteroatoms. The molecular formula is C18H23N5O2S. The Hall–Kier alpha value is -2.35. The van der Waals surface area contributed by atoms with E-state index < -0.39 is 0 Å². The lowest BCUT2D eigenvalue weighted by Crippen LogP contribution is -2.50. The summed E-state index contributed by atoms with van der Waals surface area (Å²) in [4.78, 5) is 27.3. The molecule has 2 heterocycles. The average Bonchev–Trinajstić information content (AvgIpc) is 3.00. The molecule has 1 fully saturated rings. The zero-order valence-corrected chi connectivity index (χ0v) is 15.9. The van der Waals surface area contributed by atoms with E-state index in [0.717, 1.165) is 11.0 Å². The molecule has 0 atom stereocenters. The number of nitrogens with zero attached hydrogens (tertiary/aromatic N) is 5. The first kappa shape index (κ1) is 18.4. The van der Waals surface area contributed by atoms with Gasteiger partial charge in [0.1, 0.15) is 5.82 Å². The molecule has 1 aliphatic rings. The summed E-state index contributed by atoms with van der Waals surface area (Å²) in [7, 11) is 1.93. The largest absolute Gasteiger partial charge is 0.339 e. The van der Waals surface area contributed by atoms with Crippen molar-refractivity contribution in [2.45, 2.75) is 18.5 Å². The standard InChI is InChI=1S/C18H23N5O2S/c1-14(24)22-8-10-23(11-9-22)17(25)13-26-18-20-19-16(21(18)2)12-15-6-4-3-5-7-15/h3-7H,8-13H2,1-2H3. The molecule has 2 amide bonds. The fraction of sp³-hybridized carbons (Fsp3) is 0.444. The van der Waals surface area contributed by atoms with Crippen molar-refractivity contribution in [2.75, 3.05) is 31.9 Å². The van der Waals surface area contributed by atoms with Crippen molar-refractivity contribution in [3.63, 3.8) is 0 Å². The molecule has 2 aromatic rings. The molecule has 0 unspecified atom stereocenters.